The molecular formula is C12H16ClNO2S. The molecule has 17 heavy (non-hydrogen) atoms. The van der Waals surface area contributed by atoms with Gasteiger partial charge in [0.2, 0.25) is 0 Å². The van der Waals surface area contributed by atoms with Crippen LogP contribution in [0.5, 0.6) is 0 Å². The predicted molar refractivity (Wildman–Crippen MR) is 69.0 cm³/mol. The van der Waals surface area contributed by atoms with E-state index >= 15 is 0 Å². The Morgan fingerprint density at radius 3 is 2.59 bits per heavy atom. The summed E-state index contributed by atoms with van der Waals surface area (Å²) in [7, 11) is -3.19. The summed E-state index contributed by atoms with van der Waals surface area (Å²) in [6.45, 7) is 0.625. The number of nitrogens with two attached hydrogens (primary N) is 1. The lowest BCUT2D eigenvalue weighted by atomic mass is 10.1. The molecule has 0 aliphatic heterocycles. The summed E-state index contributed by atoms with van der Waals surface area (Å²) < 4.78 is 24.1. The molecular weight excluding hydrogens is 258 g/mol. The molecule has 2 N–H and O–H groups in total. The Hall–Kier alpha value is -0.580. The van der Waals surface area contributed by atoms with Gasteiger partial charge in [0.15, 0.2) is 9.84 Å². The minimum atomic E-state index is -3.19. The van der Waals surface area contributed by atoms with E-state index in [-0.39, 0.29) is 10.1 Å². The number of benzene rings is 1. The number of halogens is 1. The van der Waals surface area contributed by atoms with Crippen LogP contribution in [0.4, 0.5) is 0 Å². The molecule has 3 nitrogen and oxygen atoms in total. The standard InChI is InChI=1S/C12H16ClNO2S/c13-11-8-9(2-1-7-14)3-6-12(11)17(15,16)10-4-5-10/h3,6,8,10H,1-2,4-5,7,14H2. The van der Waals surface area contributed by atoms with Gasteiger partial charge in [-0.3, -0.25) is 0 Å². The van der Waals surface area contributed by atoms with Gasteiger partial charge in [-0.05, 0) is 49.9 Å². The van der Waals surface area contributed by atoms with Crippen molar-refractivity contribution in [1.82, 2.24) is 0 Å². The number of rotatable bonds is 5. The Labute approximate surface area is 107 Å². The van der Waals surface area contributed by atoms with Crippen LogP contribution in [0.3, 0.4) is 0 Å². The maximum Gasteiger partial charge on any atom is 0.182 e. The van der Waals surface area contributed by atoms with E-state index in [0.717, 1.165) is 31.2 Å². The van der Waals surface area contributed by atoms with Crippen LogP contribution < -0.4 is 5.73 Å². The zero-order chi connectivity index (χ0) is 12.5. The molecule has 5 heteroatoms. The van der Waals surface area contributed by atoms with Crippen LogP contribution in [0.25, 0.3) is 0 Å². The van der Waals surface area contributed by atoms with E-state index in [1.54, 1.807) is 12.1 Å². The fraction of sp³-hybridized carbons (Fsp3) is 0.500. The first-order valence-corrected chi connectivity index (χ1v) is 7.70. The zero-order valence-corrected chi connectivity index (χ0v) is 11.1. The highest BCUT2D eigenvalue weighted by Gasteiger charge is 2.37. The highest BCUT2D eigenvalue weighted by Crippen LogP contribution is 2.36. The molecule has 1 aromatic rings. The van der Waals surface area contributed by atoms with Crippen molar-refractivity contribution in [2.45, 2.75) is 35.8 Å². The number of hydrogen-bond donors (Lipinski definition) is 1. The highest BCUT2D eigenvalue weighted by atomic mass is 35.5. The summed E-state index contributed by atoms with van der Waals surface area (Å²) in [6, 6.07) is 5.20. The van der Waals surface area contributed by atoms with Crippen LogP contribution in [0.1, 0.15) is 24.8 Å². The summed E-state index contributed by atoms with van der Waals surface area (Å²) in [4.78, 5) is 0.276. The smallest absolute Gasteiger partial charge is 0.182 e. The van der Waals surface area contributed by atoms with E-state index in [1.807, 2.05) is 6.07 Å². The molecule has 0 heterocycles. The minimum absolute atomic E-state index is 0.213. The lowest BCUT2D eigenvalue weighted by Gasteiger charge is -2.07. The van der Waals surface area contributed by atoms with Crippen LogP contribution >= 0.6 is 11.6 Å². The molecule has 0 aromatic heterocycles. The fourth-order valence-corrected chi connectivity index (χ4v) is 4.02. The first-order valence-electron chi connectivity index (χ1n) is 5.78. The Morgan fingerprint density at radius 2 is 2.06 bits per heavy atom. The van der Waals surface area contributed by atoms with Gasteiger partial charge in [0.1, 0.15) is 0 Å². The summed E-state index contributed by atoms with van der Waals surface area (Å²) in [6.07, 6.45) is 3.23. The van der Waals surface area contributed by atoms with Crippen LogP contribution in [0, 0.1) is 0 Å². The van der Waals surface area contributed by atoms with Crippen molar-refractivity contribution in [3.05, 3.63) is 28.8 Å². The van der Waals surface area contributed by atoms with Gasteiger partial charge in [-0.2, -0.15) is 0 Å². The Kier molecular flexibility index (Phi) is 3.76. The van der Waals surface area contributed by atoms with Crippen molar-refractivity contribution in [1.29, 1.82) is 0 Å². The molecule has 1 fully saturated rings. The number of hydrogen-bond acceptors (Lipinski definition) is 3. The second-order valence-electron chi connectivity index (χ2n) is 4.40. The van der Waals surface area contributed by atoms with Gasteiger partial charge >= 0.3 is 0 Å². The third kappa shape index (κ3) is 2.81. The zero-order valence-electron chi connectivity index (χ0n) is 9.52. The van der Waals surface area contributed by atoms with E-state index in [4.69, 9.17) is 17.3 Å². The molecule has 0 spiro atoms. The third-order valence-corrected chi connectivity index (χ3v) is 5.68. The molecule has 2 rings (SSSR count). The van der Waals surface area contributed by atoms with Gasteiger partial charge < -0.3 is 5.73 Å². The summed E-state index contributed by atoms with van der Waals surface area (Å²) >= 11 is 6.05. The number of aryl methyl sites for hydroxylation is 1. The summed E-state index contributed by atoms with van der Waals surface area (Å²) in [5, 5.41) is 0.126. The average Bonchev–Trinajstić information content (AvgIpc) is 3.10. The largest absolute Gasteiger partial charge is 0.330 e. The minimum Gasteiger partial charge on any atom is -0.330 e. The molecule has 0 radical (unpaired) electrons. The van der Waals surface area contributed by atoms with Crippen LogP contribution in [0.2, 0.25) is 5.02 Å². The maximum absolute atomic E-state index is 12.0. The van der Waals surface area contributed by atoms with Gasteiger partial charge in [-0.1, -0.05) is 17.7 Å². The van der Waals surface area contributed by atoms with E-state index in [2.05, 4.69) is 0 Å². The van der Waals surface area contributed by atoms with Crippen LogP contribution in [-0.2, 0) is 16.3 Å². The van der Waals surface area contributed by atoms with Crippen molar-refractivity contribution >= 4 is 21.4 Å². The predicted octanol–water partition coefficient (Wildman–Crippen LogP) is 2.17. The quantitative estimate of drug-likeness (QED) is 0.894. The second-order valence-corrected chi connectivity index (χ2v) is 7.01. The van der Waals surface area contributed by atoms with Gasteiger partial charge in [0.05, 0.1) is 15.2 Å². The maximum atomic E-state index is 12.0. The van der Waals surface area contributed by atoms with E-state index in [0.29, 0.717) is 11.6 Å². The molecule has 0 amide bonds. The SMILES string of the molecule is NCCCc1ccc(S(=O)(=O)C2CC2)c(Cl)c1. The van der Waals surface area contributed by atoms with Crippen LogP contribution in [0.15, 0.2) is 23.1 Å². The molecule has 1 aromatic carbocycles. The van der Waals surface area contributed by atoms with Crippen LogP contribution in [-0.4, -0.2) is 20.2 Å². The topological polar surface area (TPSA) is 60.2 Å². The second kappa shape index (κ2) is 4.96. The Bertz CT molecular complexity index is 509. The molecule has 1 saturated carbocycles. The van der Waals surface area contributed by atoms with E-state index in [9.17, 15) is 8.42 Å². The lowest BCUT2D eigenvalue weighted by Crippen LogP contribution is -2.08. The van der Waals surface area contributed by atoms with Gasteiger partial charge in [0, 0.05) is 0 Å². The molecule has 0 unspecified atom stereocenters. The summed E-state index contributed by atoms with van der Waals surface area (Å²) in [5.41, 5.74) is 6.47. The Morgan fingerprint density at radius 1 is 1.35 bits per heavy atom. The highest BCUT2D eigenvalue weighted by molar-refractivity contribution is 7.92. The molecule has 0 atom stereocenters. The number of sulfone groups is 1. The van der Waals surface area contributed by atoms with Crippen molar-refractivity contribution in [3.8, 4) is 0 Å². The Balaban J connectivity index is 2.25. The van der Waals surface area contributed by atoms with Gasteiger partial charge in [-0.25, -0.2) is 8.42 Å². The molecule has 1 aliphatic rings. The van der Waals surface area contributed by atoms with Gasteiger partial charge in [0.25, 0.3) is 0 Å². The van der Waals surface area contributed by atoms with E-state index < -0.39 is 9.84 Å². The first-order chi connectivity index (χ1) is 8.05. The van der Waals surface area contributed by atoms with Crippen molar-refractivity contribution in [3.63, 3.8) is 0 Å². The lowest BCUT2D eigenvalue weighted by molar-refractivity contribution is 0.595. The molecule has 1 aliphatic carbocycles. The average molecular weight is 274 g/mol. The monoisotopic (exact) mass is 273 g/mol. The molecule has 0 bridgehead atoms. The van der Waals surface area contributed by atoms with Crippen molar-refractivity contribution < 1.29 is 8.42 Å². The normalized spacial score (nSPS) is 16.1. The fourth-order valence-electron chi connectivity index (χ4n) is 1.79. The molecule has 94 valence electrons. The molecule has 0 saturated heterocycles. The van der Waals surface area contributed by atoms with Gasteiger partial charge in [-0.15, -0.1) is 0 Å². The van der Waals surface area contributed by atoms with Crippen molar-refractivity contribution in [2.24, 2.45) is 5.73 Å². The van der Waals surface area contributed by atoms with E-state index in [1.165, 1.54) is 0 Å². The first kappa shape index (κ1) is 12.9. The third-order valence-electron chi connectivity index (χ3n) is 2.94. The summed E-state index contributed by atoms with van der Waals surface area (Å²) in [5.74, 6) is 0. The van der Waals surface area contributed by atoms with Crippen molar-refractivity contribution in [2.75, 3.05) is 6.54 Å².